The summed E-state index contributed by atoms with van der Waals surface area (Å²) in [5, 5.41) is 0. The van der Waals surface area contributed by atoms with Crippen molar-refractivity contribution in [1.82, 2.24) is 0 Å². The van der Waals surface area contributed by atoms with Gasteiger partial charge in [0.1, 0.15) is 0 Å². The second kappa shape index (κ2) is 13.0. The van der Waals surface area contributed by atoms with E-state index in [1.807, 2.05) is 0 Å². The van der Waals surface area contributed by atoms with Crippen LogP contribution in [0.3, 0.4) is 0 Å². The van der Waals surface area contributed by atoms with E-state index in [1.54, 1.807) is 0 Å². The van der Waals surface area contributed by atoms with Crippen LogP contribution in [0.1, 0.15) is 0 Å². The maximum atomic E-state index is 15.4. The number of rotatable bonds is 11. The Balaban J connectivity index is 9.05. The standard InChI is InChI=1S/C14F36O2Si3/c15-1(16,3(19,20)5(23,24)7(27,28)29)2(17,18)4(21,22)6(25,26)8(30,31)55(50,51-53(9(32,33)34,10(35,36)37)11(38,39)40)52-54(12(41,42)43,13(44,45)46)14(47,48)49. The summed E-state index contributed by atoms with van der Waals surface area (Å²) in [6.07, 6.45) is -8.54. The van der Waals surface area contributed by atoms with Crippen molar-refractivity contribution in [2.75, 3.05) is 0 Å². The Morgan fingerprint density at radius 2 is 0.400 bits per heavy atom. The van der Waals surface area contributed by atoms with Crippen LogP contribution < -0.4 is 0 Å². The van der Waals surface area contributed by atoms with E-state index in [4.69, 9.17) is 0 Å². The Morgan fingerprint density at radius 3 is 0.564 bits per heavy atom. The summed E-state index contributed by atoms with van der Waals surface area (Å²) in [4.78, 5) is 0. The summed E-state index contributed by atoms with van der Waals surface area (Å²) in [5.74, 6) is -115. The number of hydrogen-bond acceptors (Lipinski definition) is 2. The Bertz CT molecular complexity index is 1240. The van der Waals surface area contributed by atoms with Gasteiger partial charge in [-0.05, 0) is 0 Å². The fourth-order valence-electron chi connectivity index (χ4n) is 3.21. The first-order chi connectivity index (χ1) is 22.9. The molecule has 0 aliphatic carbocycles. The number of alkyl halides is 35. The van der Waals surface area contributed by atoms with Crippen molar-refractivity contribution in [3.63, 3.8) is 0 Å². The molecule has 0 aromatic rings. The molecule has 0 rings (SSSR count). The highest BCUT2D eigenvalue weighted by atomic mass is 28.5. The van der Waals surface area contributed by atoms with Crippen LogP contribution in [-0.4, -0.2) is 108 Å². The van der Waals surface area contributed by atoms with Gasteiger partial charge in [-0.15, -0.1) is 0 Å². The van der Waals surface area contributed by atoms with Crippen LogP contribution in [0.15, 0.2) is 0 Å². The van der Waals surface area contributed by atoms with E-state index in [-0.39, 0.29) is 0 Å². The number of halogens is 36. The molecule has 0 unspecified atom stereocenters. The highest BCUT2D eigenvalue weighted by Crippen LogP contribution is 2.67. The molecule has 2 nitrogen and oxygen atoms in total. The molecule has 0 amide bonds. The van der Waals surface area contributed by atoms with Gasteiger partial charge in [-0.25, -0.2) is 4.11 Å². The van der Waals surface area contributed by atoms with Crippen molar-refractivity contribution < 1.29 is 166 Å². The molecule has 0 bridgehead atoms. The van der Waals surface area contributed by atoms with Gasteiger partial charge in [0, 0.05) is 0 Å². The van der Waals surface area contributed by atoms with Crippen molar-refractivity contribution in [1.29, 1.82) is 0 Å². The van der Waals surface area contributed by atoms with Gasteiger partial charge in [0.15, 0.2) is 0 Å². The zero-order valence-corrected chi connectivity index (χ0v) is 25.9. The van der Waals surface area contributed by atoms with Crippen LogP contribution in [-0.2, 0) is 8.23 Å². The second-order valence-electron chi connectivity index (χ2n) is 9.61. The van der Waals surface area contributed by atoms with E-state index in [9.17, 15) is 154 Å². The minimum absolute atomic E-state index is 0.807. The summed E-state index contributed by atoms with van der Waals surface area (Å²) in [7, 11) is -36.7. The van der Waals surface area contributed by atoms with Gasteiger partial charge >= 0.3 is 108 Å². The minimum Gasteiger partial charge on any atom is -0.389 e. The predicted molar refractivity (Wildman–Crippen MR) is 97.6 cm³/mol. The van der Waals surface area contributed by atoms with Gasteiger partial charge in [0.05, 0.1) is 0 Å². The first-order valence-electron chi connectivity index (χ1n) is 11.1. The molecule has 0 aliphatic rings. The Labute approximate surface area is 274 Å². The average molecular weight is 968 g/mol. The monoisotopic (exact) mass is 968 g/mol. The van der Waals surface area contributed by atoms with E-state index >= 15 is 4.11 Å². The van der Waals surface area contributed by atoms with Crippen LogP contribution in [0.4, 0.5) is 158 Å². The lowest BCUT2D eigenvalue weighted by molar-refractivity contribution is -0.459. The van der Waals surface area contributed by atoms with Crippen molar-refractivity contribution in [3.8, 4) is 0 Å². The van der Waals surface area contributed by atoms with Crippen LogP contribution >= 0.6 is 0 Å². The predicted octanol–water partition coefficient (Wildman–Crippen LogP) is 11.0. The molecule has 0 aromatic carbocycles. The lowest BCUT2D eigenvalue weighted by Gasteiger charge is -2.47. The van der Waals surface area contributed by atoms with Crippen LogP contribution in [0.2, 0.25) is 0 Å². The first-order valence-corrected chi connectivity index (χ1v) is 16.6. The Hall–Kier alpha value is -1.95. The van der Waals surface area contributed by atoms with E-state index in [0.717, 1.165) is 8.23 Å². The van der Waals surface area contributed by atoms with Gasteiger partial charge in [0.25, 0.3) is 0 Å². The molecule has 0 spiro atoms. The minimum atomic E-state index is -12.8. The molecule has 0 atom stereocenters. The topological polar surface area (TPSA) is 18.5 Å². The number of hydrogen-bond donors (Lipinski definition) is 0. The molecule has 55 heavy (non-hydrogen) atoms. The third-order valence-electron chi connectivity index (χ3n) is 6.06. The molecule has 0 fully saturated rings. The van der Waals surface area contributed by atoms with Crippen LogP contribution in [0, 0.1) is 0 Å². The smallest absolute Gasteiger partial charge is 0.389 e. The maximum Gasteiger partial charge on any atom is 0.600 e. The van der Waals surface area contributed by atoms with Gasteiger partial charge in [-0.2, -0.15) is 154 Å². The third-order valence-corrected chi connectivity index (χ3v) is 16.5. The van der Waals surface area contributed by atoms with Crippen LogP contribution in [0.25, 0.3) is 0 Å². The lowest BCUT2D eigenvalue weighted by atomic mass is 9.91. The zero-order chi connectivity index (χ0) is 45.9. The third kappa shape index (κ3) is 7.04. The van der Waals surface area contributed by atoms with Crippen LogP contribution in [0.5, 0.6) is 0 Å². The van der Waals surface area contributed by atoms with Gasteiger partial charge in [-0.3, -0.25) is 0 Å². The molecule has 0 heterocycles. The van der Waals surface area contributed by atoms with E-state index in [2.05, 4.69) is 0 Å². The SMILES string of the molecule is FC(F)(F)C(F)(F)C(F)(F)C(F)(F)C(F)(F)C(F)(F)C(F)(F)C(F)(F)[Si](F)(O[Si](C(F)(F)F)(C(F)(F)F)C(F)(F)F)O[Si](C(F)(F)F)(C(F)(F)F)C(F)(F)F. The Morgan fingerprint density at radius 1 is 0.236 bits per heavy atom. The van der Waals surface area contributed by atoms with Gasteiger partial charge in [-0.1, -0.05) is 0 Å². The summed E-state index contributed by atoms with van der Waals surface area (Å²) in [5.41, 5.74) is -10.5. The summed E-state index contributed by atoms with van der Waals surface area (Å²) in [6, 6.07) is 0. The fourth-order valence-corrected chi connectivity index (χ4v) is 13.2. The molecule has 0 N–H and O–H groups in total. The van der Waals surface area contributed by atoms with Crippen molar-refractivity contribution in [2.45, 2.75) is 82.1 Å². The average Bonchev–Trinajstić information content (AvgIpc) is 2.84. The van der Waals surface area contributed by atoms with Gasteiger partial charge < -0.3 is 8.23 Å². The first kappa shape index (κ1) is 53.1. The molecule has 0 radical (unpaired) electrons. The van der Waals surface area contributed by atoms with E-state index in [0.29, 0.717) is 0 Å². The highest BCUT2D eigenvalue weighted by Gasteiger charge is 3.03. The molecular formula is C14F36O2Si3. The zero-order valence-electron chi connectivity index (χ0n) is 22.9. The normalized spacial score (nSPS) is 17.2. The molecule has 332 valence electrons. The molecule has 0 aliphatic heterocycles. The van der Waals surface area contributed by atoms with Gasteiger partial charge in [0.2, 0.25) is 0 Å². The lowest BCUT2D eigenvalue weighted by Crippen LogP contribution is -2.86. The van der Waals surface area contributed by atoms with Crippen molar-refractivity contribution >= 4 is 25.5 Å². The molecule has 0 saturated carbocycles. The molecule has 41 heteroatoms. The highest BCUT2D eigenvalue weighted by molar-refractivity contribution is 6.92. The quantitative estimate of drug-likeness (QED) is 0.117. The van der Waals surface area contributed by atoms with E-state index in [1.165, 1.54) is 0 Å². The maximum absolute atomic E-state index is 15.4. The Kier molecular flexibility index (Phi) is 12.6. The molecular weight excluding hydrogens is 968 g/mol. The largest absolute Gasteiger partial charge is 0.600 e. The molecule has 0 aromatic heterocycles. The van der Waals surface area contributed by atoms with Crippen molar-refractivity contribution in [3.05, 3.63) is 0 Å². The fraction of sp³-hybridized carbons (Fsp3) is 1.00. The second-order valence-corrected chi connectivity index (χ2v) is 19.1. The summed E-state index contributed by atoms with van der Waals surface area (Å²) < 4.78 is 485. The summed E-state index contributed by atoms with van der Waals surface area (Å²) in [6.45, 7) is 0. The summed E-state index contributed by atoms with van der Waals surface area (Å²) >= 11 is 0. The van der Waals surface area contributed by atoms with Crippen molar-refractivity contribution in [2.24, 2.45) is 0 Å². The molecule has 0 saturated heterocycles. The van der Waals surface area contributed by atoms with E-state index < -0.39 is 108 Å².